The molecule has 5 heteroatoms. The molecule has 0 aliphatic carbocycles. The Bertz CT molecular complexity index is 961. The minimum Gasteiger partial charge on any atom is -0.387 e. The van der Waals surface area contributed by atoms with Crippen LogP contribution in [0.4, 0.5) is 0 Å². The summed E-state index contributed by atoms with van der Waals surface area (Å²) in [5, 5.41) is 1.85. The van der Waals surface area contributed by atoms with E-state index in [9.17, 15) is 8.42 Å². The molecular formula is C19H16O3STe. The Morgan fingerprint density at radius 2 is 1.54 bits per heavy atom. The molecule has 0 saturated carbocycles. The van der Waals surface area contributed by atoms with Gasteiger partial charge in [-0.05, 0) is 41.5 Å². The number of fused-ring (bicyclic) bond motifs is 1. The van der Waals surface area contributed by atoms with Crippen molar-refractivity contribution in [1.29, 1.82) is 0 Å². The fourth-order valence-corrected chi connectivity index (χ4v) is 3.05. The topological polar surface area (TPSA) is 43.4 Å². The number of benzene rings is 3. The zero-order valence-corrected chi connectivity index (χ0v) is 16.2. The van der Waals surface area contributed by atoms with Crippen LogP contribution in [0.5, 0.6) is 0 Å². The van der Waals surface area contributed by atoms with Gasteiger partial charge in [0, 0.05) is 23.7 Å². The van der Waals surface area contributed by atoms with Crippen LogP contribution in [0.25, 0.3) is 16.8 Å². The Hall–Kier alpha value is -1.80. The van der Waals surface area contributed by atoms with Crippen molar-refractivity contribution in [1.82, 2.24) is 0 Å². The van der Waals surface area contributed by atoms with Crippen molar-refractivity contribution in [3.8, 4) is 0 Å². The van der Waals surface area contributed by atoms with Gasteiger partial charge in [0.2, 0.25) is 0 Å². The maximum Gasteiger partial charge on any atom is 0.338 e. The van der Waals surface area contributed by atoms with Crippen molar-refractivity contribution in [2.75, 3.05) is 0 Å². The van der Waals surface area contributed by atoms with Crippen molar-refractivity contribution in [3.05, 3.63) is 84.1 Å². The molecule has 0 spiro atoms. The third-order valence-electron chi connectivity index (χ3n) is 3.53. The molecule has 0 heterocycles. The Balaban J connectivity index is 0.00000208. The monoisotopic (exact) mass is 454 g/mol. The Morgan fingerprint density at radius 3 is 2.25 bits per heavy atom. The second-order valence-electron chi connectivity index (χ2n) is 5.27. The van der Waals surface area contributed by atoms with Crippen LogP contribution < -0.4 is 0 Å². The molecule has 3 nitrogen and oxygen atoms in total. The van der Waals surface area contributed by atoms with Gasteiger partial charge in [-0.2, -0.15) is 8.42 Å². The van der Waals surface area contributed by atoms with Gasteiger partial charge >= 0.3 is 10.1 Å². The molecule has 0 aliphatic rings. The van der Waals surface area contributed by atoms with Gasteiger partial charge in [-0.15, -0.1) is 0 Å². The average molecular weight is 452 g/mol. The SMILES string of the molecule is Cc1ccc(C=COS(=O)(=O)c2ccc3ccccc3c2)cc1.[Te]. The van der Waals surface area contributed by atoms with Crippen molar-refractivity contribution >= 4 is 50.6 Å². The molecule has 24 heavy (non-hydrogen) atoms. The summed E-state index contributed by atoms with van der Waals surface area (Å²) in [4.78, 5) is 0.143. The third-order valence-corrected chi connectivity index (χ3v) is 4.73. The molecule has 0 saturated heterocycles. The average Bonchev–Trinajstić information content (AvgIpc) is 2.56. The number of hydrogen-bond donors (Lipinski definition) is 0. The summed E-state index contributed by atoms with van der Waals surface area (Å²) >= 11 is 0. The molecule has 0 N–H and O–H groups in total. The van der Waals surface area contributed by atoms with Gasteiger partial charge in [-0.3, -0.25) is 0 Å². The van der Waals surface area contributed by atoms with Gasteiger partial charge in [0.05, 0.1) is 0 Å². The fourth-order valence-electron chi connectivity index (χ4n) is 2.24. The Kier molecular flexibility index (Phi) is 6.06. The second kappa shape index (κ2) is 7.85. The second-order valence-corrected chi connectivity index (χ2v) is 6.84. The quantitative estimate of drug-likeness (QED) is 0.340. The standard InChI is InChI=1S/C19H16O3S.Te/c1-15-6-8-16(9-7-15)12-13-22-23(20,21)19-11-10-17-4-2-3-5-18(17)14-19;/h2-14H,1H3;. The zero-order valence-electron chi connectivity index (χ0n) is 13.0. The first-order valence-corrected chi connectivity index (χ1v) is 8.61. The van der Waals surface area contributed by atoms with Crippen LogP contribution in [0.2, 0.25) is 0 Å². The van der Waals surface area contributed by atoms with E-state index in [1.807, 2.05) is 55.5 Å². The van der Waals surface area contributed by atoms with Gasteiger partial charge in [0.1, 0.15) is 11.2 Å². The fraction of sp³-hybridized carbons (Fsp3) is 0.0526. The zero-order chi connectivity index (χ0) is 16.3. The van der Waals surface area contributed by atoms with E-state index in [0.717, 1.165) is 21.9 Å². The van der Waals surface area contributed by atoms with Crippen molar-refractivity contribution < 1.29 is 12.6 Å². The first kappa shape index (κ1) is 18.5. The first-order chi connectivity index (χ1) is 11.0. The van der Waals surface area contributed by atoms with Crippen LogP contribution >= 0.6 is 0 Å². The van der Waals surface area contributed by atoms with Crippen LogP contribution in [-0.2, 0) is 14.3 Å². The summed E-state index contributed by atoms with van der Waals surface area (Å²) in [5.74, 6) is 0. The largest absolute Gasteiger partial charge is 0.387 e. The molecule has 0 unspecified atom stereocenters. The number of hydrogen-bond acceptors (Lipinski definition) is 3. The minimum absolute atomic E-state index is 0. The van der Waals surface area contributed by atoms with Gasteiger partial charge in [-0.25, -0.2) is 0 Å². The summed E-state index contributed by atoms with van der Waals surface area (Å²) < 4.78 is 29.5. The summed E-state index contributed by atoms with van der Waals surface area (Å²) in [6.07, 6.45) is 2.83. The van der Waals surface area contributed by atoms with Gasteiger partial charge in [0.25, 0.3) is 0 Å². The third kappa shape index (κ3) is 4.39. The van der Waals surface area contributed by atoms with E-state index in [4.69, 9.17) is 4.18 Å². The molecule has 0 fully saturated rings. The van der Waals surface area contributed by atoms with Crippen molar-refractivity contribution in [2.24, 2.45) is 0 Å². The van der Waals surface area contributed by atoms with Crippen LogP contribution in [0.3, 0.4) is 0 Å². The van der Waals surface area contributed by atoms with Crippen LogP contribution in [0.15, 0.2) is 77.9 Å². The van der Waals surface area contributed by atoms with Gasteiger partial charge in [-0.1, -0.05) is 60.2 Å². The van der Waals surface area contributed by atoms with Crippen molar-refractivity contribution in [2.45, 2.75) is 11.8 Å². The van der Waals surface area contributed by atoms with E-state index in [-0.39, 0.29) is 28.6 Å². The molecule has 0 bridgehead atoms. The van der Waals surface area contributed by atoms with E-state index < -0.39 is 10.1 Å². The molecule has 3 aromatic rings. The van der Waals surface area contributed by atoms with E-state index in [1.165, 1.54) is 6.26 Å². The van der Waals surface area contributed by atoms with Gasteiger partial charge in [0.15, 0.2) is 0 Å². The smallest absolute Gasteiger partial charge is 0.338 e. The summed E-state index contributed by atoms with van der Waals surface area (Å²) in [7, 11) is -3.82. The van der Waals surface area contributed by atoms with Gasteiger partial charge < -0.3 is 4.18 Å². The number of aryl methyl sites for hydroxylation is 1. The first-order valence-electron chi connectivity index (χ1n) is 7.20. The van der Waals surface area contributed by atoms with Crippen LogP contribution in [-0.4, -0.2) is 32.1 Å². The molecule has 3 rings (SSSR count). The molecule has 2 radical (unpaired) electrons. The Labute approximate surface area is 158 Å². The van der Waals surface area contributed by atoms with Crippen LogP contribution in [0.1, 0.15) is 11.1 Å². The minimum atomic E-state index is -3.82. The molecule has 3 aromatic carbocycles. The predicted molar refractivity (Wildman–Crippen MR) is 98.2 cm³/mol. The summed E-state index contributed by atoms with van der Waals surface area (Å²) in [5.41, 5.74) is 2.02. The molecule has 0 atom stereocenters. The van der Waals surface area contributed by atoms with Crippen LogP contribution in [0, 0.1) is 6.92 Å². The molecule has 122 valence electrons. The number of rotatable bonds is 4. The molecule has 0 amide bonds. The predicted octanol–water partition coefficient (Wildman–Crippen LogP) is 4.14. The van der Waals surface area contributed by atoms with E-state index in [2.05, 4.69) is 0 Å². The maximum absolute atomic E-state index is 12.2. The molecule has 0 aromatic heterocycles. The normalized spacial score (nSPS) is 11.4. The summed E-state index contributed by atoms with van der Waals surface area (Å²) in [6, 6.07) is 20.2. The van der Waals surface area contributed by atoms with E-state index in [1.54, 1.807) is 24.3 Å². The Morgan fingerprint density at radius 1 is 0.875 bits per heavy atom. The van der Waals surface area contributed by atoms with Crippen molar-refractivity contribution in [3.63, 3.8) is 0 Å². The van der Waals surface area contributed by atoms with E-state index in [0.29, 0.717) is 0 Å². The summed E-state index contributed by atoms with van der Waals surface area (Å²) in [6.45, 7) is 1.99. The molecule has 0 aliphatic heterocycles. The van der Waals surface area contributed by atoms with E-state index >= 15 is 0 Å². The maximum atomic E-state index is 12.2. The molecular weight excluding hydrogens is 436 g/mol.